The molecular formula is C13H11BrF3N5O3. The number of nitrogens with zero attached hydrogens (tertiary/aromatic N) is 3. The average molecular weight is 422 g/mol. The van der Waals surface area contributed by atoms with Gasteiger partial charge in [-0.3, -0.25) is 14.3 Å². The van der Waals surface area contributed by atoms with Crippen LogP contribution < -0.4 is 11.1 Å². The molecule has 8 nitrogen and oxygen atoms in total. The molecule has 3 N–H and O–H groups in total. The second kappa shape index (κ2) is 6.26. The zero-order valence-electron chi connectivity index (χ0n) is 12.4. The van der Waals surface area contributed by atoms with Crippen LogP contribution in [0.4, 0.5) is 13.2 Å². The molecule has 1 aliphatic carbocycles. The zero-order valence-corrected chi connectivity index (χ0v) is 14.0. The van der Waals surface area contributed by atoms with E-state index in [1.54, 1.807) is 0 Å². The SMILES string of the molecule is NC(=O)c1c(Br)nn2c(C(=O)NC3CC(OC(F)(F)F)C3)ccnc12. The molecule has 0 bridgehead atoms. The minimum atomic E-state index is -4.69. The summed E-state index contributed by atoms with van der Waals surface area (Å²) in [4.78, 5) is 27.8. The number of hydrogen-bond donors (Lipinski definition) is 2. The summed E-state index contributed by atoms with van der Waals surface area (Å²) < 4.78 is 41.4. The zero-order chi connectivity index (χ0) is 18.4. The third kappa shape index (κ3) is 3.58. The Morgan fingerprint density at radius 1 is 1.40 bits per heavy atom. The van der Waals surface area contributed by atoms with Gasteiger partial charge in [-0.25, -0.2) is 9.50 Å². The van der Waals surface area contributed by atoms with Crippen LogP contribution in [0.2, 0.25) is 0 Å². The molecular weight excluding hydrogens is 411 g/mol. The highest BCUT2D eigenvalue weighted by Gasteiger charge is 2.40. The smallest absolute Gasteiger partial charge is 0.365 e. The third-order valence-corrected chi connectivity index (χ3v) is 4.24. The highest BCUT2D eigenvalue weighted by atomic mass is 79.9. The van der Waals surface area contributed by atoms with Crippen molar-refractivity contribution in [3.63, 3.8) is 0 Å². The fraction of sp³-hybridized carbons (Fsp3) is 0.385. The molecule has 2 aromatic heterocycles. The van der Waals surface area contributed by atoms with Crippen molar-refractivity contribution in [2.24, 2.45) is 5.73 Å². The number of rotatable bonds is 4. The van der Waals surface area contributed by atoms with Crippen LogP contribution in [-0.4, -0.2) is 44.9 Å². The van der Waals surface area contributed by atoms with E-state index in [1.807, 2.05) is 0 Å². The largest absolute Gasteiger partial charge is 0.522 e. The molecule has 2 heterocycles. The predicted octanol–water partition coefficient (Wildman–Crippen LogP) is 1.39. The van der Waals surface area contributed by atoms with Crippen LogP contribution in [0.1, 0.15) is 33.7 Å². The summed E-state index contributed by atoms with van der Waals surface area (Å²) in [5.74, 6) is -1.33. The van der Waals surface area contributed by atoms with Crippen molar-refractivity contribution >= 4 is 33.4 Å². The van der Waals surface area contributed by atoms with Crippen molar-refractivity contribution in [1.82, 2.24) is 19.9 Å². The fourth-order valence-corrected chi connectivity index (χ4v) is 3.06. The summed E-state index contributed by atoms with van der Waals surface area (Å²) in [7, 11) is 0. The van der Waals surface area contributed by atoms with Crippen molar-refractivity contribution < 1.29 is 27.5 Å². The molecule has 12 heteroatoms. The van der Waals surface area contributed by atoms with Gasteiger partial charge in [0.1, 0.15) is 15.9 Å². The Hall–Kier alpha value is -2.21. The van der Waals surface area contributed by atoms with Crippen LogP contribution in [0, 0.1) is 0 Å². The first kappa shape index (κ1) is 17.6. The number of fused-ring (bicyclic) bond motifs is 1. The van der Waals surface area contributed by atoms with Crippen molar-refractivity contribution in [3.8, 4) is 0 Å². The van der Waals surface area contributed by atoms with Crippen LogP contribution in [0.3, 0.4) is 0 Å². The van der Waals surface area contributed by atoms with Gasteiger partial charge in [-0.05, 0) is 34.8 Å². The van der Waals surface area contributed by atoms with E-state index in [2.05, 4.69) is 36.1 Å². The number of alkyl halides is 3. The summed E-state index contributed by atoms with van der Waals surface area (Å²) in [6, 6.07) is 0.923. The molecule has 0 unspecified atom stereocenters. The van der Waals surface area contributed by atoms with Gasteiger partial charge in [0, 0.05) is 12.2 Å². The molecule has 2 aromatic rings. The molecule has 3 rings (SSSR count). The number of halogens is 4. The predicted molar refractivity (Wildman–Crippen MR) is 80.6 cm³/mol. The van der Waals surface area contributed by atoms with Gasteiger partial charge in [0.05, 0.1) is 6.10 Å². The Kier molecular flexibility index (Phi) is 4.41. The van der Waals surface area contributed by atoms with Crippen molar-refractivity contribution in [1.29, 1.82) is 0 Å². The molecule has 0 saturated heterocycles. The number of amides is 2. The van der Waals surface area contributed by atoms with E-state index >= 15 is 0 Å². The van der Waals surface area contributed by atoms with Gasteiger partial charge in [-0.1, -0.05) is 0 Å². The van der Waals surface area contributed by atoms with Crippen molar-refractivity contribution in [2.45, 2.75) is 31.3 Å². The molecule has 1 fully saturated rings. The monoisotopic (exact) mass is 421 g/mol. The summed E-state index contributed by atoms with van der Waals surface area (Å²) in [5.41, 5.74) is 5.45. The van der Waals surface area contributed by atoms with E-state index in [-0.39, 0.29) is 34.3 Å². The van der Waals surface area contributed by atoms with E-state index in [0.29, 0.717) is 0 Å². The van der Waals surface area contributed by atoms with Gasteiger partial charge in [0.25, 0.3) is 11.8 Å². The third-order valence-electron chi connectivity index (χ3n) is 3.69. The second-order valence-corrected chi connectivity index (χ2v) is 6.17. The average Bonchev–Trinajstić information content (AvgIpc) is 2.79. The number of carbonyl (C=O) groups is 2. The summed E-state index contributed by atoms with van der Waals surface area (Å²) in [6.07, 6.45) is -4.25. The molecule has 0 aromatic carbocycles. The molecule has 1 saturated carbocycles. The topological polar surface area (TPSA) is 112 Å². The number of hydrogen-bond acceptors (Lipinski definition) is 5. The molecule has 0 spiro atoms. The van der Waals surface area contributed by atoms with Gasteiger partial charge in [-0.15, -0.1) is 13.2 Å². The quantitative estimate of drug-likeness (QED) is 0.774. The Labute approximate surface area is 146 Å². The van der Waals surface area contributed by atoms with Gasteiger partial charge in [0.15, 0.2) is 5.65 Å². The van der Waals surface area contributed by atoms with E-state index in [0.717, 1.165) is 4.52 Å². The van der Waals surface area contributed by atoms with Crippen LogP contribution in [0.25, 0.3) is 5.65 Å². The maximum absolute atomic E-state index is 12.3. The number of carbonyl (C=O) groups excluding carboxylic acids is 2. The van der Waals surface area contributed by atoms with E-state index in [4.69, 9.17) is 5.73 Å². The lowest BCUT2D eigenvalue weighted by Crippen LogP contribution is -2.49. The summed E-state index contributed by atoms with van der Waals surface area (Å²) in [6.45, 7) is 0. The lowest BCUT2D eigenvalue weighted by atomic mass is 9.89. The molecule has 2 amide bonds. The molecule has 0 radical (unpaired) electrons. The molecule has 0 aliphatic heterocycles. The molecule has 25 heavy (non-hydrogen) atoms. The minimum absolute atomic E-state index is 0.0249. The molecule has 134 valence electrons. The molecule has 1 aliphatic rings. The molecule has 0 atom stereocenters. The lowest BCUT2D eigenvalue weighted by molar-refractivity contribution is -0.351. The van der Waals surface area contributed by atoms with Crippen molar-refractivity contribution in [3.05, 3.63) is 28.1 Å². The first-order valence-electron chi connectivity index (χ1n) is 7.04. The Morgan fingerprint density at radius 2 is 2.08 bits per heavy atom. The Balaban J connectivity index is 1.74. The Morgan fingerprint density at radius 3 is 2.68 bits per heavy atom. The number of nitrogens with two attached hydrogens (primary N) is 1. The fourth-order valence-electron chi connectivity index (χ4n) is 2.53. The Bertz CT molecular complexity index is 847. The number of nitrogens with one attached hydrogen (secondary N) is 1. The van der Waals surface area contributed by atoms with Gasteiger partial charge in [0.2, 0.25) is 0 Å². The number of ether oxygens (including phenoxy) is 1. The van der Waals surface area contributed by atoms with Crippen molar-refractivity contribution in [2.75, 3.05) is 0 Å². The van der Waals surface area contributed by atoms with E-state index in [1.165, 1.54) is 12.3 Å². The van der Waals surface area contributed by atoms with Crippen LogP contribution in [0.15, 0.2) is 16.9 Å². The van der Waals surface area contributed by atoms with Gasteiger partial charge < -0.3 is 11.1 Å². The maximum Gasteiger partial charge on any atom is 0.522 e. The highest BCUT2D eigenvalue weighted by molar-refractivity contribution is 9.10. The first-order valence-corrected chi connectivity index (χ1v) is 7.83. The normalized spacial score (nSPS) is 20.3. The lowest BCUT2D eigenvalue weighted by Gasteiger charge is -2.35. The van der Waals surface area contributed by atoms with Crippen LogP contribution in [-0.2, 0) is 4.74 Å². The first-order chi connectivity index (χ1) is 11.7. The summed E-state index contributed by atoms with van der Waals surface area (Å²) in [5, 5.41) is 6.60. The van der Waals surface area contributed by atoms with Gasteiger partial charge >= 0.3 is 6.36 Å². The standard InChI is InChI=1S/C13H11BrF3N5O3/c14-9-8(10(18)23)11-19-2-1-7(22(11)21-9)12(24)20-5-3-6(4-5)25-13(15,16)17/h1-2,5-6H,3-4H2,(H2,18,23)(H,20,24). The maximum atomic E-state index is 12.3. The van der Waals surface area contributed by atoms with E-state index in [9.17, 15) is 22.8 Å². The highest BCUT2D eigenvalue weighted by Crippen LogP contribution is 2.30. The minimum Gasteiger partial charge on any atom is -0.365 e. The van der Waals surface area contributed by atoms with Crippen LogP contribution >= 0.6 is 15.9 Å². The van der Waals surface area contributed by atoms with Crippen LogP contribution in [0.5, 0.6) is 0 Å². The number of primary amides is 1. The number of aromatic nitrogens is 3. The van der Waals surface area contributed by atoms with E-state index < -0.39 is 30.3 Å². The summed E-state index contributed by atoms with van der Waals surface area (Å²) >= 11 is 3.08. The second-order valence-electron chi connectivity index (χ2n) is 5.42. The van der Waals surface area contributed by atoms with Gasteiger partial charge in [-0.2, -0.15) is 5.10 Å².